The lowest BCUT2D eigenvalue weighted by molar-refractivity contribution is 0.873. The van der Waals surface area contributed by atoms with Crippen LogP contribution in [0.3, 0.4) is 0 Å². The largest absolute Gasteiger partial charge is 0.295 e. The smallest absolute Gasteiger partial charge is 0.239 e. The van der Waals surface area contributed by atoms with Gasteiger partial charge < -0.3 is 0 Å². The number of aromatic nitrogens is 5. The molecule has 0 amide bonds. The molecule has 9 heteroatoms. The summed E-state index contributed by atoms with van der Waals surface area (Å²) in [5, 5.41) is 8.95. The van der Waals surface area contributed by atoms with Crippen molar-refractivity contribution < 1.29 is 0 Å². The summed E-state index contributed by atoms with van der Waals surface area (Å²) in [7, 11) is 0. The van der Waals surface area contributed by atoms with E-state index in [0.29, 0.717) is 35.2 Å². The lowest BCUT2D eigenvalue weighted by atomic mass is 10.1. The van der Waals surface area contributed by atoms with Gasteiger partial charge in [0.2, 0.25) is 17.8 Å². The fourth-order valence-electron chi connectivity index (χ4n) is 10.7. The second-order valence-electron chi connectivity index (χ2n) is 19.9. The SMILES string of the molecule is c1ccc(N(c2ccc3ccccc3c2)c2cc(Cc3nc(N(c4ccccc4)c4ccc5ccccc5c4)nc(N(c4ccccc4)c4ccc5ccccc5c4)n3)nc(N(c3ccccc3)c3ccc4ccccc4c3)n2)cc1. The van der Waals surface area contributed by atoms with Crippen molar-refractivity contribution in [2.45, 2.75) is 6.42 Å². The summed E-state index contributed by atoms with van der Waals surface area (Å²) in [6.07, 6.45) is 0.201. The van der Waals surface area contributed by atoms with Crippen LogP contribution in [-0.4, -0.2) is 24.9 Å². The number of hydrogen-bond donors (Lipinski definition) is 0. The molecule has 0 N–H and O–H groups in total. The molecule has 2 aromatic heterocycles. The van der Waals surface area contributed by atoms with Crippen LogP contribution in [0.25, 0.3) is 43.1 Å². The Morgan fingerprint density at radius 2 is 0.494 bits per heavy atom. The molecule has 0 spiro atoms. The van der Waals surface area contributed by atoms with Gasteiger partial charge in [-0.25, -0.2) is 4.98 Å². The molecule has 14 rings (SSSR count). The van der Waals surface area contributed by atoms with Crippen molar-refractivity contribution in [3.05, 3.63) is 309 Å². The average molecular weight is 1040 g/mol. The zero-order valence-corrected chi connectivity index (χ0v) is 44.0. The predicted molar refractivity (Wildman–Crippen MR) is 333 cm³/mol. The molecular formula is C72H51N9. The normalized spacial score (nSPS) is 11.3. The summed E-state index contributed by atoms with van der Waals surface area (Å²) in [6.45, 7) is 0. The molecule has 81 heavy (non-hydrogen) atoms. The van der Waals surface area contributed by atoms with Gasteiger partial charge >= 0.3 is 0 Å². The fraction of sp³-hybridized carbons (Fsp3) is 0.0139. The fourth-order valence-corrected chi connectivity index (χ4v) is 10.7. The van der Waals surface area contributed by atoms with E-state index in [9.17, 15) is 0 Å². The van der Waals surface area contributed by atoms with Crippen molar-refractivity contribution in [3.8, 4) is 0 Å². The van der Waals surface area contributed by atoms with Gasteiger partial charge in [0.25, 0.3) is 0 Å². The van der Waals surface area contributed by atoms with Crippen molar-refractivity contribution in [3.63, 3.8) is 0 Å². The Morgan fingerprint density at radius 1 is 0.210 bits per heavy atom. The maximum Gasteiger partial charge on any atom is 0.239 e. The second-order valence-corrected chi connectivity index (χ2v) is 19.9. The number of benzene rings is 12. The lowest BCUT2D eigenvalue weighted by Gasteiger charge is -2.29. The first kappa shape index (κ1) is 48.3. The first-order chi connectivity index (χ1) is 40.1. The quantitative estimate of drug-likeness (QED) is 0.106. The minimum absolute atomic E-state index is 0.201. The Labute approximate surface area is 469 Å². The molecule has 384 valence electrons. The second kappa shape index (κ2) is 21.4. The van der Waals surface area contributed by atoms with E-state index < -0.39 is 0 Å². The number of anilines is 12. The van der Waals surface area contributed by atoms with Crippen LogP contribution in [0.2, 0.25) is 0 Å². The molecule has 0 saturated carbocycles. The van der Waals surface area contributed by atoms with Crippen molar-refractivity contribution in [1.82, 2.24) is 24.9 Å². The Kier molecular flexibility index (Phi) is 12.8. The molecule has 14 aromatic rings. The number of nitrogens with zero attached hydrogens (tertiary/aromatic N) is 9. The molecule has 0 unspecified atom stereocenters. The van der Waals surface area contributed by atoms with Crippen LogP contribution < -0.4 is 19.6 Å². The van der Waals surface area contributed by atoms with Gasteiger partial charge in [-0.05, 0) is 140 Å². The van der Waals surface area contributed by atoms with E-state index in [1.807, 2.05) is 48.5 Å². The molecule has 0 aliphatic carbocycles. The summed E-state index contributed by atoms with van der Waals surface area (Å²) >= 11 is 0. The monoisotopic (exact) mass is 1040 g/mol. The first-order valence-electron chi connectivity index (χ1n) is 27.1. The van der Waals surface area contributed by atoms with Gasteiger partial charge in [-0.2, -0.15) is 19.9 Å². The topological polar surface area (TPSA) is 77.4 Å². The molecule has 0 atom stereocenters. The van der Waals surface area contributed by atoms with E-state index in [1.165, 1.54) is 0 Å². The first-order valence-corrected chi connectivity index (χ1v) is 27.1. The van der Waals surface area contributed by atoms with Crippen LogP contribution in [0.4, 0.5) is 69.2 Å². The molecule has 0 fully saturated rings. The third-order valence-electron chi connectivity index (χ3n) is 14.6. The van der Waals surface area contributed by atoms with Crippen molar-refractivity contribution in [1.29, 1.82) is 0 Å². The third-order valence-corrected chi connectivity index (χ3v) is 14.6. The number of fused-ring (bicyclic) bond motifs is 4. The maximum atomic E-state index is 5.61. The highest BCUT2D eigenvalue weighted by Gasteiger charge is 2.26. The summed E-state index contributed by atoms with van der Waals surface area (Å²) in [5.74, 6) is 2.53. The van der Waals surface area contributed by atoms with Crippen LogP contribution in [-0.2, 0) is 6.42 Å². The van der Waals surface area contributed by atoms with Gasteiger partial charge in [0.05, 0.1) is 12.1 Å². The molecule has 2 heterocycles. The summed E-state index contributed by atoms with van der Waals surface area (Å²) in [4.78, 5) is 36.4. The van der Waals surface area contributed by atoms with Crippen LogP contribution in [0.1, 0.15) is 11.5 Å². The van der Waals surface area contributed by atoms with Gasteiger partial charge in [-0.3, -0.25) is 19.6 Å². The van der Waals surface area contributed by atoms with Crippen molar-refractivity contribution >= 4 is 112 Å². The van der Waals surface area contributed by atoms with Crippen molar-refractivity contribution in [2.75, 3.05) is 19.6 Å². The molecule has 9 nitrogen and oxygen atoms in total. The van der Waals surface area contributed by atoms with Gasteiger partial charge in [0.1, 0.15) is 11.6 Å². The molecular weight excluding hydrogens is 991 g/mol. The van der Waals surface area contributed by atoms with Crippen LogP contribution in [0.15, 0.2) is 297 Å². The highest BCUT2D eigenvalue weighted by atomic mass is 15.4. The highest BCUT2D eigenvalue weighted by molar-refractivity contribution is 5.93. The summed E-state index contributed by atoms with van der Waals surface area (Å²) in [6, 6.07) is 103. The Hall–Kier alpha value is -11.0. The van der Waals surface area contributed by atoms with E-state index in [0.717, 1.165) is 88.6 Å². The molecule has 0 aliphatic heterocycles. The van der Waals surface area contributed by atoms with E-state index in [-0.39, 0.29) is 6.42 Å². The van der Waals surface area contributed by atoms with E-state index in [1.54, 1.807) is 0 Å². The summed E-state index contributed by atoms with van der Waals surface area (Å²) in [5.41, 5.74) is 7.96. The number of hydrogen-bond acceptors (Lipinski definition) is 9. The van der Waals surface area contributed by atoms with Crippen LogP contribution in [0, 0.1) is 0 Å². The minimum Gasteiger partial charge on any atom is -0.295 e. The summed E-state index contributed by atoms with van der Waals surface area (Å²) < 4.78 is 0. The van der Waals surface area contributed by atoms with Gasteiger partial charge in [-0.1, -0.05) is 194 Å². The number of rotatable bonds is 14. The van der Waals surface area contributed by atoms with E-state index >= 15 is 0 Å². The Balaban J connectivity index is 1.02. The zero-order valence-electron chi connectivity index (χ0n) is 44.0. The standard InChI is InChI=1S/C72H51N9/c1-5-29-60(30-6-1)78(64-41-37-51-21-13-17-25-55(51)45-64)69-50-59(73-70(76-69)79(61-31-7-2-8-32-61)65-42-38-52-22-14-18-26-56(52)46-65)49-68-74-71(80(62-33-9-3-10-34-62)66-43-39-53-23-15-19-27-57(53)47-66)77-72(75-68)81(63-35-11-4-12-36-63)67-44-40-54-24-16-20-28-58(54)48-67/h1-48,50H,49H2. The zero-order chi connectivity index (χ0) is 53.9. The third kappa shape index (κ3) is 9.88. The number of para-hydroxylation sites is 4. The van der Waals surface area contributed by atoms with Crippen molar-refractivity contribution in [2.24, 2.45) is 0 Å². The van der Waals surface area contributed by atoms with E-state index in [4.69, 9.17) is 24.9 Å². The Bertz CT molecular complexity index is 3970. The predicted octanol–water partition coefficient (Wildman–Crippen LogP) is 18.7. The Morgan fingerprint density at radius 3 is 0.840 bits per heavy atom. The van der Waals surface area contributed by atoms with E-state index in [2.05, 4.69) is 268 Å². The molecule has 0 bridgehead atoms. The van der Waals surface area contributed by atoms with Gasteiger partial charge in [0, 0.05) is 51.6 Å². The van der Waals surface area contributed by atoms with Gasteiger partial charge in [-0.15, -0.1) is 0 Å². The lowest BCUT2D eigenvalue weighted by Crippen LogP contribution is -2.21. The maximum absolute atomic E-state index is 5.61. The van der Waals surface area contributed by atoms with Crippen LogP contribution in [0.5, 0.6) is 0 Å². The molecule has 0 aliphatic rings. The molecule has 12 aromatic carbocycles. The average Bonchev–Trinajstić information content (AvgIpc) is 3.53. The minimum atomic E-state index is 0.201. The van der Waals surface area contributed by atoms with Crippen LogP contribution >= 0.6 is 0 Å². The highest BCUT2D eigenvalue weighted by Crippen LogP contribution is 2.42. The molecule has 0 saturated heterocycles. The molecule has 0 radical (unpaired) electrons. The van der Waals surface area contributed by atoms with Gasteiger partial charge in [0.15, 0.2) is 0 Å².